The largest absolute Gasteiger partial charge is 0.496 e. The van der Waals surface area contributed by atoms with E-state index < -0.39 is 0 Å². The first-order valence-corrected chi connectivity index (χ1v) is 2.56. The molecule has 2 nitrogen and oxygen atoms in total. The monoisotopic (exact) mass is 123 g/mol. The van der Waals surface area contributed by atoms with Gasteiger partial charge in [-0.15, -0.1) is 0 Å². The molecule has 0 saturated heterocycles. The maximum atomic E-state index is 8.30. The first-order valence-electron chi connectivity index (χ1n) is 2.56. The summed E-state index contributed by atoms with van der Waals surface area (Å²) in [5.41, 5.74) is 0.361. The average molecular weight is 123 g/mol. The van der Waals surface area contributed by atoms with E-state index in [2.05, 4.69) is 6.58 Å². The molecular formula is C7H9NO. The number of rotatable bonds is 2. The van der Waals surface area contributed by atoms with Crippen molar-refractivity contribution >= 4 is 0 Å². The Bertz CT molecular complexity index is 174. The van der Waals surface area contributed by atoms with E-state index in [0.29, 0.717) is 11.3 Å². The zero-order valence-corrected chi connectivity index (χ0v) is 5.64. The predicted molar refractivity (Wildman–Crippen MR) is 35.5 cm³/mol. The van der Waals surface area contributed by atoms with E-state index >= 15 is 0 Å². The quantitative estimate of drug-likeness (QED) is 0.317. The Morgan fingerprint density at radius 3 is 2.44 bits per heavy atom. The van der Waals surface area contributed by atoms with Crippen LogP contribution in [0.15, 0.2) is 24.0 Å². The third-order valence-electron chi connectivity index (χ3n) is 0.914. The van der Waals surface area contributed by atoms with E-state index in [1.807, 2.05) is 6.07 Å². The van der Waals surface area contributed by atoms with E-state index in [1.165, 1.54) is 7.11 Å². The predicted octanol–water partition coefficient (Wildman–Crippen LogP) is 1.62. The van der Waals surface area contributed by atoms with Crippen LogP contribution in [0.2, 0.25) is 0 Å². The minimum Gasteiger partial charge on any atom is -0.496 e. The van der Waals surface area contributed by atoms with Gasteiger partial charge in [-0.05, 0) is 13.0 Å². The van der Waals surface area contributed by atoms with Gasteiger partial charge in [-0.3, -0.25) is 0 Å². The van der Waals surface area contributed by atoms with Crippen molar-refractivity contribution in [2.45, 2.75) is 6.92 Å². The normalized spacial score (nSPS) is 10.1. The number of nitrogens with zero attached hydrogens (tertiary/aromatic N) is 1. The van der Waals surface area contributed by atoms with Crippen molar-refractivity contribution in [3.05, 3.63) is 24.0 Å². The van der Waals surface area contributed by atoms with Crippen molar-refractivity contribution in [1.82, 2.24) is 0 Å². The van der Waals surface area contributed by atoms with Gasteiger partial charge in [0.1, 0.15) is 11.8 Å². The second-order valence-electron chi connectivity index (χ2n) is 1.45. The highest BCUT2D eigenvalue weighted by Gasteiger charge is 1.96. The van der Waals surface area contributed by atoms with Crippen molar-refractivity contribution in [3.63, 3.8) is 0 Å². The molecule has 0 aromatic heterocycles. The summed E-state index contributed by atoms with van der Waals surface area (Å²) in [5, 5.41) is 8.30. The van der Waals surface area contributed by atoms with Crippen LogP contribution in [-0.4, -0.2) is 7.11 Å². The highest BCUT2D eigenvalue weighted by atomic mass is 16.5. The number of hydrogen-bond donors (Lipinski definition) is 0. The fourth-order valence-corrected chi connectivity index (χ4v) is 0.470. The van der Waals surface area contributed by atoms with Gasteiger partial charge in [-0.25, -0.2) is 0 Å². The minimum atomic E-state index is 0.361. The Labute approximate surface area is 55.1 Å². The summed E-state index contributed by atoms with van der Waals surface area (Å²) in [6, 6.07) is 1.88. The molecule has 0 saturated carbocycles. The van der Waals surface area contributed by atoms with Gasteiger partial charge in [0.2, 0.25) is 0 Å². The lowest BCUT2D eigenvalue weighted by atomic mass is 10.3. The molecule has 9 heavy (non-hydrogen) atoms. The topological polar surface area (TPSA) is 33.0 Å². The second kappa shape index (κ2) is 3.73. The third kappa shape index (κ3) is 2.00. The highest BCUT2D eigenvalue weighted by Crippen LogP contribution is 2.05. The number of hydrogen-bond acceptors (Lipinski definition) is 2. The van der Waals surface area contributed by atoms with Crippen LogP contribution >= 0.6 is 0 Å². The maximum absolute atomic E-state index is 8.30. The molecule has 0 aromatic carbocycles. The molecule has 0 aliphatic carbocycles. The number of ether oxygens (including phenoxy) is 1. The van der Waals surface area contributed by atoms with Crippen LogP contribution in [0.4, 0.5) is 0 Å². The summed E-state index contributed by atoms with van der Waals surface area (Å²) >= 11 is 0. The van der Waals surface area contributed by atoms with Gasteiger partial charge in [0.25, 0.3) is 0 Å². The van der Waals surface area contributed by atoms with Crippen LogP contribution < -0.4 is 0 Å². The van der Waals surface area contributed by atoms with Crippen LogP contribution in [0, 0.1) is 11.3 Å². The molecule has 0 bridgehead atoms. The Balaban J connectivity index is 4.19. The summed E-state index contributed by atoms with van der Waals surface area (Å²) in [5.74, 6) is 0.539. The summed E-state index contributed by atoms with van der Waals surface area (Å²) in [4.78, 5) is 0. The molecule has 2 heteroatoms. The van der Waals surface area contributed by atoms with Gasteiger partial charge in [0.05, 0.1) is 12.7 Å². The number of methoxy groups -OCH3 is 1. The van der Waals surface area contributed by atoms with Crippen LogP contribution in [0.5, 0.6) is 0 Å². The fourth-order valence-electron chi connectivity index (χ4n) is 0.470. The molecule has 0 rings (SSSR count). The lowest BCUT2D eigenvalue weighted by Gasteiger charge is -1.99. The smallest absolute Gasteiger partial charge is 0.131 e. The maximum Gasteiger partial charge on any atom is 0.131 e. The number of nitriles is 1. The molecule has 0 aliphatic heterocycles. The molecule has 0 aliphatic rings. The van der Waals surface area contributed by atoms with Crippen molar-refractivity contribution in [2.24, 2.45) is 0 Å². The third-order valence-corrected chi connectivity index (χ3v) is 0.914. The second-order valence-corrected chi connectivity index (χ2v) is 1.45. The highest BCUT2D eigenvalue weighted by molar-refractivity contribution is 5.34. The van der Waals surface area contributed by atoms with E-state index in [4.69, 9.17) is 10.00 Å². The summed E-state index contributed by atoms with van der Waals surface area (Å²) in [6.07, 6.45) is 1.70. The van der Waals surface area contributed by atoms with Crippen LogP contribution in [-0.2, 0) is 4.74 Å². The van der Waals surface area contributed by atoms with Crippen molar-refractivity contribution in [1.29, 1.82) is 5.26 Å². The lowest BCUT2D eigenvalue weighted by molar-refractivity contribution is 0.302. The van der Waals surface area contributed by atoms with Gasteiger partial charge >= 0.3 is 0 Å². The Morgan fingerprint density at radius 1 is 1.78 bits per heavy atom. The van der Waals surface area contributed by atoms with Crippen LogP contribution in [0.25, 0.3) is 0 Å². The zero-order chi connectivity index (χ0) is 7.28. The van der Waals surface area contributed by atoms with Gasteiger partial charge in [0.15, 0.2) is 0 Å². The van der Waals surface area contributed by atoms with E-state index in [1.54, 1.807) is 13.0 Å². The fraction of sp³-hybridized carbons (Fsp3) is 0.286. The molecule has 0 spiro atoms. The van der Waals surface area contributed by atoms with Gasteiger partial charge in [-0.2, -0.15) is 5.26 Å². The van der Waals surface area contributed by atoms with Crippen molar-refractivity contribution in [3.8, 4) is 6.07 Å². The van der Waals surface area contributed by atoms with E-state index in [0.717, 1.165) is 0 Å². The van der Waals surface area contributed by atoms with Gasteiger partial charge < -0.3 is 4.74 Å². The molecule has 48 valence electrons. The molecule has 0 unspecified atom stereocenters. The van der Waals surface area contributed by atoms with Gasteiger partial charge in [-0.1, -0.05) is 6.58 Å². The first-order chi connectivity index (χ1) is 4.26. The summed E-state index contributed by atoms with van der Waals surface area (Å²) in [6.45, 7) is 5.25. The van der Waals surface area contributed by atoms with Crippen molar-refractivity contribution < 1.29 is 4.74 Å². The molecule has 0 atom stereocenters. The molecule has 0 heterocycles. The molecular weight excluding hydrogens is 114 g/mol. The lowest BCUT2D eigenvalue weighted by Crippen LogP contribution is -1.86. The van der Waals surface area contributed by atoms with E-state index in [-0.39, 0.29) is 0 Å². The Hall–Kier alpha value is -1.23. The first kappa shape index (κ1) is 7.77. The van der Waals surface area contributed by atoms with Crippen LogP contribution in [0.1, 0.15) is 6.92 Å². The Kier molecular flexibility index (Phi) is 3.22. The minimum absolute atomic E-state index is 0.361. The summed E-state index contributed by atoms with van der Waals surface area (Å²) < 4.78 is 4.79. The van der Waals surface area contributed by atoms with Gasteiger partial charge in [0, 0.05) is 0 Å². The molecule has 0 fully saturated rings. The summed E-state index contributed by atoms with van der Waals surface area (Å²) in [7, 11) is 1.51. The standard InChI is InChI=1S/C7H9NO/c1-4-7(9-3)6(2)5-8/h4H,2H2,1,3H3/b7-4+. The number of allylic oxidation sites excluding steroid dienone is 2. The molecule has 0 aromatic rings. The van der Waals surface area contributed by atoms with Crippen LogP contribution in [0.3, 0.4) is 0 Å². The molecule has 0 amide bonds. The van der Waals surface area contributed by atoms with E-state index in [9.17, 15) is 0 Å². The Morgan fingerprint density at radius 2 is 2.33 bits per heavy atom. The van der Waals surface area contributed by atoms with Crippen molar-refractivity contribution in [2.75, 3.05) is 7.11 Å². The zero-order valence-electron chi connectivity index (χ0n) is 5.64. The molecule has 0 N–H and O–H groups in total. The molecule has 0 radical (unpaired) electrons. The SMILES string of the molecule is C=C(C#N)/C(=C\C)OC. The average Bonchev–Trinajstić information content (AvgIpc) is 1.90.